The third kappa shape index (κ3) is 3.67. The lowest BCUT2D eigenvalue weighted by Gasteiger charge is -2.20. The number of nitrogens with zero attached hydrogens (tertiary/aromatic N) is 2. The number of carbonyl (C=O) groups is 1. The van der Waals surface area contributed by atoms with Gasteiger partial charge in [-0.15, -0.1) is 0 Å². The predicted octanol–water partition coefficient (Wildman–Crippen LogP) is 1.53. The van der Waals surface area contributed by atoms with Crippen molar-refractivity contribution < 1.29 is 9.53 Å². The van der Waals surface area contributed by atoms with Crippen molar-refractivity contribution in [3.05, 3.63) is 10.6 Å². The fraction of sp³-hybridized carbons (Fsp3) is 0.636. The number of aromatic nitrogens is 1. The fourth-order valence-electron chi connectivity index (χ4n) is 1.48. The molecule has 1 heterocycles. The molecule has 96 valence electrons. The third-order valence-electron chi connectivity index (χ3n) is 2.39. The molecule has 17 heavy (non-hydrogen) atoms. The first-order chi connectivity index (χ1) is 8.10. The minimum absolute atomic E-state index is 0.0149. The van der Waals surface area contributed by atoms with E-state index >= 15 is 0 Å². The lowest BCUT2D eigenvalue weighted by Crippen LogP contribution is -2.33. The minimum Gasteiger partial charge on any atom is -0.380 e. The van der Waals surface area contributed by atoms with Crippen molar-refractivity contribution in [2.24, 2.45) is 0 Å². The molecule has 0 aliphatic heterocycles. The van der Waals surface area contributed by atoms with E-state index in [1.165, 1.54) is 11.3 Å². The number of carbonyl (C=O) groups excluding carboxylic acids is 1. The van der Waals surface area contributed by atoms with E-state index in [9.17, 15) is 4.79 Å². The van der Waals surface area contributed by atoms with Crippen molar-refractivity contribution in [2.75, 3.05) is 32.0 Å². The summed E-state index contributed by atoms with van der Waals surface area (Å²) in [5.74, 6) is -0.0149. The first-order valence-corrected chi connectivity index (χ1v) is 6.51. The molecule has 2 N–H and O–H groups in total. The van der Waals surface area contributed by atoms with E-state index in [1.54, 1.807) is 11.8 Å². The van der Waals surface area contributed by atoms with Crippen LogP contribution in [-0.4, -0.2) is 42.1 Å². The monoisotopic (exact) mass is 257 g/mol. The lowest BCUT2D eigenvalue weighted by molar-refractivity contribution is 0.0673. The van der Waals surface area contributed by atoms with Gasteiger partial charge in [0.2, 0.25) is 0 Å². The summed E-state index contributed by atoms with van der Waals surface area (Å²) < 4.78 is 5.26. The highest BCUT2D eigenvalue weighted by molar-refractivity contribution is 7.17. The molecule has 1 rings (SSSR count). The molecule has 0 aliphatic carbocycles. The third-order valence-corrected chi connectivity index (χ3v) is 3.36. The van der Waals surface area contributed by atoms with Gasteiger partial charge in [-0.1, -0.05) is 11.3 Å². The van der Waals surface area contributed by atoms with Gasteiger partial charge in [0, 0.05) is 19.7 Å². The molecule has 0 radical (unpaired) electrons. The molecule has 0 saturated heterocycles. The second-order valence-electron chi connectivity index (χ2n) is 3.55. The van der Waals surface area contributed by atoms with E-state index in [0.717, 1.165) is 0 Å². The Balaban J connectivity index is 2.68. The quantitative estimate of drug-likeness (QED) is 0.785. The van der Waals surface area contributed by atoms with E-state index < -0.39 is 0 Å². The summed E-state index contributed by atoms with van der Waals surface area (Å²) in [5, 5.41) is 0.437. The zero-order valence-electron chi connectivity index (χ0n) is 10.5. The lowest BCUT2D eigenvalue weighted by atomic mass is 10.3. The van der Waals surface area contributed by atoms with E-state index in [-0.39, 0.29) is 5.91 Å². The van der Waals surface area contributed by atoms with Crippen molar-refractivity contribution >= 4 is 22.4 Å². The Bertz CT molecular complexity index is 379. The van der Waals surface area contributed by atoms with Crippen molar-refractivity contribution in [2.45, 2.75) is 20.8 Å². The molecule has 0 aromatic carbocycles. The Morgan fingerprint density at radius 3 is 2.71 bits per heavy atom. The molecule has 1 aromatic rings. The molecule has 0 bridgehead atoms. The number of anilines is 1. The normalized spacial score (nSPS) is 10.5. The molecular formula is C11H19N3O2S. The molecule has 6 heteroatoms. The Kier molecular flexibility index (Phi) is 5.37. The Hall–Kier alpha value is -1.14. The van der Waals surface area contributed by atoms with Gasteiger partial charge in [0.1, 0.15) is 4.88 Å². The standard InChI is InChI=1S/C11H19N3O2S/c1-4-14(6-7-16-5-2)10(15)9-8(3)13-11(12)17-9/h4-7H2,1-3H3,(H2,12,13). The summed E-state index contributed by atoms with van der Waals surface area (Å²) in [6.45, 7) is 8.16. The molecule has 0 atom stereocenters. The molecule has 0 aliphatic rings. The van der Waals surface area contributed by atoms with E-state index in [2.05, 4.69) is 4.98 Å². The van der Waals surface area contributed by atoms with Gasteiger partial charge in [0.25, 0.3) is 5.91 Å². The number of hydrogen-bond donors (Lipinski definition) is 1. The Morgan fingerprint density at radius 2 is 2.24 bits per heavy atom. The molecule has 0 spiro atoms. The number of ether oxygens (including phenoxy) is 1. The fourth-order valence-corrected chi connectivity index (χ4v) is 2.28. The number of hydrogen-bond acceptors (Lipinski definition) is 5. The number of aryl methyl sites for hydroxylation is 1. The van der Waals surface area contributed by atoms with Crippen LogP contribution in [0.5, 0.6) is 0 Å². The Morgan fingerprint density at radius 1 is 1.53 bits per heavy atom. The number of nitrogens with two attached hydrogens (primary N) is 1. The summed E-state index contributed by atoms with van der Waals surface area (Å²) in [6, 6.07) is 0. The highest BCUT2D eigenvalue weighted by Gasteiger charge is 2.19. The SMILES string of the molecule is CCOCCN(CC)C(=O)c1sc(N)nc1C. The highest BCUT2D eigenvalue weighted by Crippen LogP contribution is 2.21. The van der Waals surface area contributed by atoms with Crippen molar-refractivity contribution in [1.29, 1.82) is 0 Å². The average Bonchev–Trinajstić information content (AvgIpc) is 2.63. The number of nitrogen functional groups attached to an aromatic ring is 1. The molecule has 1 amide bonds. The minimum atomic E-state index is -0.0149. The zero-order valence-corrected chi connectivity index (χ0v) is 11.3. The van der Waals surface area contributed by atoms with Gasteiger partial charge in [-0.25, -0.2) is 4.98 Å². The summed E-state index contributed by atoms with van der Waals surface area (Å²) in [6.07, 6.45) is 0. The van der Waals surface area contributed by atoms with Crippen LogP contribution in [0.2, 0.25) is 0 Å². The number of rotatable bonds is 6. The number of likely N-dealkylation sites (N-methyl/N-ethyl adjacent to an activating group) is 1. The number of amides is 1. The molecule has 0 fully saturated rings. The second-order valence-corrected chi connectivity index (χ2v) is 4.58. The van der Waals surface area contributed by atoms with Gasteiger partial charge in [0.05, 0.1) is 12.3 Å². The van der Waals surface area contributed by atoms with E-state index in [0.29, 0.717) is 42.0 Å². The van der Waals surface area contributed by atoms with Crippen LogP contribution in [-0.2, 0) is 4.74 Å². The predicted molar refractivity (Wildman–Crippen MR) is 69.3 cm³/mol. The van der Waals surface area contributed by atoms with Gasteiger partial charge in [-0.05, 0) is 20.8 Å². The summed E-state index contributed by atoms with van der Waals surface area (Å²) in [7, 11) is 0. The van der Waals surface area contributed by atoms with Crippen LogP contribution < -0.4 is 5.73 Å². The molecule has 5 nitrogen and oxygen atoms in total. The largest absolute Gasteiger partial charge is 0.380 e. The maximum Gasteiger partial charge on any atom is 0.265 e. The van der Waals surface area contributed by atoms with Gasteiger partial charge >= 0.3 is 0 Å². The average molecular weight is 257 g/mol. The van der Waals surface area contributed by atoms with Crippen molar-refractivity contribution in [3.8, 4) is 0 Å². The van der Waals surface area contributed by atoms with Crippen LogP contribution in [0.3, 0.4) is 0 Å². The second kappa shape index (κ2) is 6.56. The topological polar surface area (TPSA) is 68.5 Å². The van der Waals surface area contributed by atoms with E-state index in [1.807, 2.05) is 13.8 Å². The van der Waals surface area contributed by atoms with Gasteiger partial charge < -0.3 is 15.4 Å². The molecule has 1 aromatic heterocycles. The van der Waals surface area contributed by atoms with Crippen LogP contribution in [0.1, 0.15) is 29.2 Å². The van der Waals surface area contributed by atoms with Crippen molar-refractivity contribution in [3.63, 3.8) is 0 Å². The number of thiazole rings is 1. The first-order valence-electron chi connectivity index (χ1n) is 5.70. The molecular weight excluding hydrogens is 238 g/mol. The maximum atomic E-state index is 12.2. The van der Waals surface area contributed by atoms with Gasteiger partial charge in [-0.2, -0.15) is 0 Å². The molecule has 0 saturated carbocycles. The van der Waals surface area contributed by atoms with Crippen LogP contribution in [0.15, 0.2) is 0 Å². The van der Waals surface area contributed by atoms with Crippen LogP contribution >= 0.6 is 11.3 Å². The van der Waals surface area contributed by atoms with Crippen molar-refractivity contribution in [1.82, 2.24) is 9.88 Å². The van der Waals surface area contributed by atoms with Gasteiger partial charge in [0.15, 0.2) is 5.13 Å². The summed E-state index contributed by atoms with van der Waals surface area (Å²) in [5.41, 5.74) is 6.29. The highest BCUT2D eigenvalue weighted by atomic mass is 32.1. The first kappa shape index (κ1) is 13.9. The van der Waals surface area contributed by atoms with E-state index in [4.69, 9.17) is 10.5 Å². The summed E-state index contributed by atoms with van der Waals surface area (Å²) >= 11 is 1.24. The van der Waals surface area contributed by atoms with Crippen LogP contribution in [0, 0.1) is 6.92 Å². The molecule has 0 unspecified atom stereocenters. The zero-order chi connectivity index (χ0) is 12.8. The van der Waals surface area contributed by atoms with Gasteiger partial charge in [-0.3, -0.25) is 4.79 Å². The summed E-state index contributed by atoms with van der Waals surface area (Å²) in [4.78, 5) is 18.6. The maximum absolute atomic E-state index is 12.2. The Labute approximate surface area is 106 Å². The van der Waals surface area contributed by atoms with Crippen LogP contribution in [0.25, 0.3) is 0 Å². The van der Waals surface area contributed by atoms with Crippen LogP contribution in [0.4, 0.5) is 5.13 Å². The smallest absolute Gasteiger partial charge is 0.265 e.